The molecule has 0 saturated heterocycles. The summed E-state index contributed by atoms with van der Waals surface area (Å²) in [6, 6.07) is 14.1. The van der Waals surface area contributed by atoms with Crippen LogP contribution in [0.5, 0.6) is 5.75 Å². The highest BCUT2D eigenvalue weighted by atomic mass is 35.5. The van der Waals surface area contributed by atoms with E-state index >= 15 is 0 Å². The molecule has 2 aromatic rings. The maximum atomic E-state index is 11.7. The van der Waals surface area contributed by atoms with E-state index in [0.29, 0.717) is 0 Å². The SMILES string of the molecule is CC1Oc2cc(CN3CC=C(c4ccc(Cl)cc4)CC3)ccc2NC1=O. The number of nitrogens with zero attached hydrogens (tertiary/aromatic N) is 1. The molecule has 1 atom stereocenters. The zero-order valence-electron chi connectivity index (χ0n) is 14.7. The van der Waals surface area contributed by atoms with E-state index in [9.17, 15) is 4.79 Å². The first kappa shape index (κ1) is 17.1. The summed E-state index contributed by atoms with van der Waals surface area (Å²) >= 11 is 5.97. The van der Waals surface area contributed by atoms with Gasteiger partial charge in [0.1, 0.15) is 5.75 Å². The Morgan fingerprint density at radius 3 is 2.77 bits per heavy atom. The third-order valence-electron chi connectivity index (χ3n) is 4.89. The zero-order valence-corrected chi connectivity index (χ0v) is 15.4. The lowest BCUT2D eigenvalue weighted by atomic mass is 9.99. The minimum Gasteiger partial charge on any atom is -0.479 e. The second kappa shape index (κ2) is 7.14. The van der Waals surface area contributed by atoms with E-state index in [1.54, 1.807) is 6.92 Å². The highest BCUT2D eigenvalue weighted by Gasteiger charge is 2.23. The number of benzene rings is 2. The maximum Gasteiger partial charge on any atom is 0.265 e. The molecule has 2 aliphatic rings. The van der Waals surface area contributed by atoms with Crippen molar-refractivity contribution in [2.75, 3.05) is 18.4 Å². The van der Waals surface area contributed by atoms with Crippen molar-refractivity contribution in [3.63, 3.8) is 0 Å². The van der Waals surface area contributed by atoms with E-state index in [1.165, 1.54) is 16.7 Å². The highest BCUT2D eigenvalue weighted by Crippen LogP contribution is 2.31. The molecule has 4 nitrogen and oxygen atoms in total. The van der Waals surface area contributed by atoms with E-state index in [2.05, 4.69) is 34.5 Å². The van der Waals surface area contributed by atoms with Crippen LogP contribution in [0, 0.1) is 0 Å². The number of rotatable bonds is 3. The fourth-order valence-corrected chi connectivity index (χ4v) is 3.51. The molecule has 1 N–H and O–H groups in total. The number of hydrogen-bond acceptors (Lipinski definition) is 3. The Labute approximate surface area is 158 Å². The van der Waals surface area contributed by atoms with Gasteiger partial charge in [-0.05, 0) is 54.3 Å². The minimum absolute atomic E-state index is 0.0962. The number of amides is 1. The monoisotopic (exact) mass is 368 g/mol. The van der Waals surface area contributed by atoms with Crippen LogP contribution in [0.25, 0.3) is 5.57 Å². The number of hydrogen-bond donors (Lipinski definition) is 1. The summed E-state index contributed by atoms with van der Waals surface area (Å²) in [5.41, 5.74) is 4.57. The Hall–Kier alpha value is -2.30. The standard InChI is InChI=1S/C21H21ClN2O2/c1-14-21(25)23-19-7-2-15(12-20(19)26-14)13-24-10-8-17(9-11-24)16-3-5-18(22)6-4-16/h2-8,12,14H,9-11,13H2,1H3,(H,23,25). The van der Waals surface area contributed by atoms with E-state index < -0.39 is 6.10 Å². The molecule has 134 valence electrons. The summed E-state index contributed by atoms with van der Waals surface area (Å²) in [5.74, 6) is 0.658. The van der Waals surface area contributed by atoms with Gasteiger partial charge in [0.25, 0.3) is 5.91 Å². The number of fused-ring (bicyclic) bond motifs is 1. The molecule has 1 amide bonds. The van der Waals surface area contributed by atoms with Crippen molar-refractivity contribution >= 4 is 28.8 Å². The molecule has 4 rings (SSSR count). The molecule has 5 heteroatoms. The number of carbonyl (C=O) groups excluding carboxylic acids is 1. The summed E-state index contributed by atoms with van der Waals surface area (Å²) in [6.45, 7) is 4.56. The van der Waals surface area contributed by atoms with Crippen LogP contribution in [0.1, 0.15) is 24.5 Å². The Balaban J connectivity index is 1.42. The van der Waals surface area contributed by atoms with Gasteiger partial charge in [-0.2, -0.15) is 0 Å². The van der Waals surface area contributed by atoms with Crippen LogP contribution in [0.15, 0.2) is 48.5 Å². The Morgan fingerprint density at radius 2 is 2.04 bits per heavy atom. The Bertz CT molecular complexity index is 861. The first-order valence-corrected chi connectivity index (χ1v) is 9.24. The van der Waals surface area contributed by atoms with Crippen molar-refractivity contribution in [1.29, 1.82) is 0 Å². The van der Waals surface area contributed by atoms with Crippen LogP contribution in [0.3, 0.4) is 0 Å². The average molecular weight is 369 g/mol. The Kier molecular flexibility index (Phi) is 4.70. The topological polar surface area (TPSA) is 41.6 Å². The number of anilines is 1. The van der Waals surface area contributed by atoms with E-state index in [0.717, 1.165) is 42.5 Å². The van der Waals surface area contributed by atoms with E-state index in [4.69, 9.17) is 16.3 Å². The summed E-state index contributed by atoms with van der Waals surface area (Å²) in [5, 5.41) is 3.64. The number of ether oxygens (including phenoxy) is 1. The molecule has 1 unspecified atom stereocenters. The van der Waals surface area contributed by atoms with Crippen LogP contribution in [-0.2, 0) is 11.3 Å². The van der Waals surface area contributed by atoms with Crippen molar-refractivity contribution < 1.29 is 9.53 Å². The van der Waals surface area contributed by atoms with Gasteiger partial charge >= 0.3 is 0 Å². The van der Waals surface area contributed by atoms with Crippen molar-refractivity contribution in [2.45, 2.75) is 26.0 Å². The summed E-state index contributed by atoms with van der Waals surface area (Å²) < 4.78 is 5.71. The molecular weight excluding hydrogens is 348 g/mol. The lowest BCUT2D eigenvalue weighted by Gasteiger charge is -2.28. The van der Waals surface area contributed by atoms with Gasteiger partial charge in [0.15, 0.2) is 6.10 Å². The van der Waals surface area contributed by atoms with Gasteiger partial charge in [-0.15, -0.1) is 0 Å². The van der Waals surface area contributed by atoms with E-state index in [1.807, 2.05) is 24.3 Å². The summed E-state index contributed by atoms with van der Waals surface area (Å²) in [4.78, 5) is 14.1. The predicted octanol–water partition coefficient (Wildman–Crippen LogP) is 4.35. The quantitative estimate of drug-likeness (QED) is 0.875. The van der Waals surface area contributed by atoms with Crippen LogP contribution < -0.4 is 10.1 Å². The molecule has 0 aliphatic carbocycles. The smallest absolute Gasteiger partial charge is 0.265 e. The maximum absolute atomic E-state index is 11.7. The van der Waals surface area contributed by atoms with Crippen molar-refractivity contribution in [3.05, 3.63) is 64.7 Å². The van der Waals surface area contributed by atoms with Crippen LogP contribution in [0.4, 0.5) is 5.69 Å². The fourth-order valence-electron chi connectivity index (χ4n) is 3.38. The summed E-state index contributed by atoms with van der Waals surface area (Å²) in [7, 11) is 0. The molecule has 0 spiro atoms. The zero-order chi connectivity index (χ0) is 18.1. The molecule has 0 bridgehead atoms. The molecule has 0 saturated carbocycles. The number of halogens is 1. The van der Waals surface area contributed by atoms with Gasteiger partial charge in [0.2, 0.25) is 0 Å². The van der Waals surface area contributed by atoms with Gasteiger partial charge in [-0.1, -0.05) is 35.9 Å². The van der Waals surface area contributed by atoms with Crippen LogP contribution in [-0.4, -0.2) is 30.0 Å². The predicted molar refractivity (Wildman–Crippen MR) is 104 cm³/mol. The highest BCUT2D eigenvalue weighted by molar-refractivity contribution is 6.30. The molecule has 2 heterocycles. The lowest BCUT2D eigenvalue weighted by Crippen LogP contribution is -2.34. The summed E-state index contributed by atoms with van der Waals surface area (Å²) in [6.07, 6.45) is 2.87. The van der Waals surface area contributed by atoms with Gasteiger partial charge in [-0.3, -0.25) is 9.69 Å². The first-order chi connectivity index (χ1) is 12.6. The normalized spacial score (nSPS) is 20.0. The molecule has 2 aliphatic heterocycles. The number of carbonyl (C=O) groups is 1. The average Bonchev–Trinajstić information content (AvgIpc) is 2.64. The van der Waals surface area contributed by atoms with Gasteiger partial charge in [0, 0.05) is 24.7 Å². The van der Waals surface area contributed by atoms with Gasteiger partial charge < -0.3 is 10.1 Å². The third-order valence-corrected chi connectivity index (χ3v) is 5.14. The van der Waals surface area contributed by atoms with Gasteiger partial charge in [-0.25, -0.2) is 0 Å². The second-order valence-electron chi connectivity index (χ2n) is 6.80. The van der Waals surface area contributed by atoms with Gasteiger partial charge in [0.05, 0.1) is 5.69 Å². The molecule has 2 aromatic carbocycles. The van der Waals surface area contributed by atoms with E-state index in [-0.39, 0.29) is 5.91 Å². The van der Waals surface area contributed by atoms with Crippen LogP contribution in [0.2, 0.25) is 5.02 Å². The molecular formula is C21H21ClN2O2. The lowest BCUT2D eigenvalue weighted by molar-refractivity contribution is -0.122. The molecule has 0 radical (unpaired) electrons. The fraction of sp³-hybridized carbons (Fsp3) is 0.286. The third kappa shape index (κ3) is 3.62. The molecule has 0 fully saturated rings. The Morgan fingerprint density at radius 1 is 1.23 bits per heavy atom. The van der Waals surface area contributed by atoms with Crippen molar-refractivity contribution in [3.8, 4) is 5.75 Å². The second-order valence-corrected chi connectivity index (χ2v) is 7.24. The van der Waals surface area contributed by atoms with Crippen molar-refractivity contribution in [1.82, 2.24) is 4.90 Å². The first-order valence-electron chi connectivity index (χ1n) is 8.86. The largest absolute Gasteiger partial charge is 0.479 e. The molecule has 26 heavy (non-hydrogen) atoms. The number of nitrogens with one attached hydrogen (secondary N) is 1. The molecule has 0 aromatic heterocycles. The van der Waals surface area contributed by atoms with Crippen molar-refractivity contribution in [2.24, 2.45) is 0 Å². The minimum atomic E-state index is -0.447. The van der Waals surface area contributed by atoms with Crippen LogP contribution >= 0.6 is 11.6 Å².